The van der Waals surface area contributed by atoms with Gasteiger partial charge in [-0.05, 0) is 62.3 Å². The number of nitrogens with one attached hydrogen (secondary N) is 2. The van der Waals surface area contributed by atoms with Crippen LogP contribution in [0, 0.1) is 0 Å². The molecule has 11 heteroatoms. The zero-order valence-electron chi connectivity index (χ0n) is 20.5. The van der Waals surface area contributed by atoms with Crippen LogP contribution in [0.1, 0.15) is 44.4 Å². The van der Waals surface area contributed by atoms with Crippen LogP contribution in [0.15, 0.2) is 36.4 Å². The molecule has 3 heterocycles. The van der Waals surface area contributed by atoms with Gasteiger partial charge in [0, 0.05) is 28.9 Å². The molecular formula is C25H30N4O5S2. The Labute approximate surface area is 218 Å². The van der Waals surface area contributed by atoms with Gasteiger partial charge in [-0.1, -0.05) is 18.6 Å². The van der Waals surface area contributed by atoms with Gasteiger partial charge in [-0.25, -0.2) is 10.3 Å². The zero-order valence-corrected chi connectivity index (χ0v) is 22.1. The summed E-state index contributed by atoms with van der Waals surface area (Å²) in [5, 5.41) is 11.9. The Morgan fingerprint density at radius 2 is 1.89 bits per heavy atom. The molecule has 4 rings (SSSR count). The van der Waals surface area contributed by atoms with E-state index in [9.17, 15) is 19.2 Å². The van der Waals surface area contributed by atoms with E-state index in [0.717, 1.165) is 45.2 Å². The predicted molar refractivity (Wildman–Crippen MR) is 140 cm³/mol. The molecule has 1 atom stereocenters. The van der Waals surface area contributed by atoms with Crippen molar-refractivity contribution < 1.29 is 24.4 Å². The highest BCUT2D eigenvalue weighted by atomic mass is 32.2. The number of nitrogens with zero attached hydrogens (tertiary/aromatic N) is 2. The summed E-state index contributed by atoms with van der Waals surface area (Å²) in [5.41, 5.74) is 2.25. The Kier molecular flexibility index (Phi) is 7.44. The number of benzene rings is 1. The van der Waals surface area contributed by atoms with E-state index in [2.05, 4.69) is 5.32 Å². The third-order valence-corrected chi connectivity index (χ3v) is 9.92. The molecule has 9 nitrogen and oxygen atoms in total. The number of carbonyl (C=O) groups excluding carboxylic acids is 4. The number of rotatable bonds is 7. The van der Waals surface area contributed by atoms with Crippen LogP contribution in [0.3, 0.4) is 0 Å². The lowest BCUT2D eigenvalue weighted by Crippen LogP contribution is -2.42. The lowest BCUT2D eigenvalue weighted by molar-refractivity contribution is -0.134. The average Bonchev–Trinajstić information content (AvgIpc) is 3.42. The van der Waals surface area contributed by atoms with Crippen LogP contribution in [0.5, 0.6) is 0 Å². The van der Waals surface area contributed by atoms with Crippen molar-refractivity contribution in [2.75, 3.05) is 24.7 Å². The number of likely N-dealkylation sites (N-methyl/N-ethyl adjacent to an activating group) is 1. The van der Waals surface area contributed by atoms with E-state index < -0.39 is 29.3 Å². The number of hydroxylamine groups is 1. The summed E-state index contributed by atoms with van der Waals surface area (Å²) >= 11 is 3.36. The largest absolute Gasteiger partial charge is 0.327 e. The Morgan fingerprint density at radius 1 is 1.11 bits per heavy atom. The van der Waals surface area contributed by atoms with E-state index in [0.29, 0.717) is 5.69 Å². The van der Waals surface area contributed by atoms with Gasteiger partial charge >= 0.3 is 6.03 Å². The van der Waals surface area contributed by atoms with Gasteiger partial charge in [0.25, 0.3) is 5.91 Å². The maximum atomic E-state index is 12.7. The van der Waals surface area contributed by atoms with Crippen LogP contribution in [-0.2, 0) is 19.1 Å². The summed E-state index contributed by atoms with van der Waals surface area (Å²) in [5.74, 6) is -0.301. The van der Waals surface area contributed by atoms with Crippen molar-refractivity contribution in [3.05, 3.63) is 41.3 Å². The average molecular weight is 531 g/mol. The van der Waals surface area contributed by atoms with Gasteiger partial charge < -0.3 is 10.2 Å². The smallest absolute Gasteiger partial charge is 0.325 e. The first kappa shape index (κ1) is 26.2. The minimum Gasteiger partial charge on any atom is -0.325 e. The van der Waals surface area contributed by atoms with E-state index in [-0.39, 0.29) is 17.7 Å². The lowest BCUT2D eigenvalue weighted by atomic mass is 9.94. The van der Waals surface area contributed by atoms with E-state index in [4.69, 9.17) is 5.21 Å². The van der Waals surface area contributed by atoms with Gasteiger partial charge in [-0.15, -0.1) is 23.1 Å². The molecule has 0 aliphatic carbocycles. The monoisotopic (exact) mass is 530 g/mol. The summed E-state index contributed by atoms with van der Waals surface area (Å²) in [4.78, 5) is 54.1. The summed E-state index contributed by atoms with van der Waals surface area (Å²) in [6.45, 7) is 2.94. The molecule has 2 aliphatic heterocycles. The summed E-state index contributed by atoms with van der Waals surface area (Å²) in [6.07, 6.45) is 3.20. The summed E-state index contributed by atoms with van der Waals surface area (Å²) < 4.78 is -0.366. The van der Waals surface area contributed by atoms with E-state index in [1.54, 1.807) is 55.5 Å². The fraction of sp³-hybridized carbons (Fsp3) is 0.440. The highest BCUT2D eigenvalue weighted by Gasteiger charge is 2.49. The number of thioether (sulfide) groups is 1. The first-order valence-electron chi connectivity index (χ1n) is 11.7. The molecule has 2 aliphatic rings. The van der Waals surface area contributed by atoms with Crippen molar-refractivity contribution in [2.24, 2.45) is 0 Å². The standard InChI is InChI=1S/C25H30N4O5S2/c1-24(2)22(32)29(23(33)28(24)3)15-21(31)26-17-8-6-7-16(13-17)18-9-10-19(36-18)25(14-20(30)27-34)11-4-5-12-35-25/h6-10,13,34H,4-5,11-12,14-15H2,1-3H3,(H,26,31)(H,27,30)/t25-/m0/s1. The molecule has 5 amide bonds. The maximum absolute atomic E-state index is 12.7. The molecule has 2 fully saturated rings. The fourth-order valence-electron chi connectivity index (χ4n) is 4.52. The maximum Gasteiger partial charge on any atom is 0.327 e. The van der Waals surface area contributed by atoms with Gasteiger partial charge in [0.05, 0.1) is 4.75 Å². The van der Waals surface area contributed by atoms with Crippen LogP contribution in [0.4, 0.5) is 10.5 Å². The van der Waals surface area contributed by atoms with Gasteiger partial charge in [0.1, 0.15) is 12.1 Å². The Bertz CT molecular complexity index is 1190. The number of anilines is 1. The third-order valence-electron chi connectivity index (χ3n) is 6.84. The quantitative estimate of drug-likeness (QED) is 0.283. The van der Waals surface area contributed by atoms with Gasteiger partial charge in [0.15, 0.2) is 0 Å². The Morgan fingerprint density at radius 3 is 2.53 bits per heavy atom. The van der Waals surface area contributed by atoms with Crippen LogP contribution >= 0.6 is 23.1 Å². The van der Waals surface area contributed by atoms with Gasteiger partial charge in [-0.2, -0.15) is 0 Å². The van der Waals surface area contributed by atoms with Crippen molar-refractivity contribution in [3.63, 3.8) is 0 Å². The molecule has 1 aromatic carbocycles. The molecule has 0 bridgehead atoms. The molecule has 2 saturated heterocycles. The molecule has 0 spiro atoms. The number of hydrogen-bond donors (Lipinski definition) is 3. The van der Waals surface area contributed by atoms with Crippen molar-refractivity contribution in [1.82, 2.24) is 15.3 Å². The topological polar surface area (TPSA) is 119 Å². The molecule has 192 valence electrons. The zero-order chi connectivity index (χ0) is 26.1. The van der Waals surface area contributed by atoms with E-state index in [1.165, 1.54) is 4.90 Å². The molecule has 0 saturated carbocycles. The third kappa shape index (κ3) is 5.00. The minimum atomic E-state index is -0.986. The van der Waals surface area contributed by atoms with Crippen LogP contribution in [0.2, 0.25) is 0 Å². The van der Waals surface area contributed by atoms with E-state index in [1.807, 2.05) is 30.3 Å². The van der Waals surface area contributed by atoms with Crippen LogP contribution in [-0.4, -0.2) is 63.6 Å². The van der Waals surface area contributed by atoms with Crippen molar-refractivity contribution >= 4 is 52.5 Å². The number of thiophene rings is 1. The first-order chi connectivity index (χ1) is 17.1. The van der Waals surface area contributed by atoms with Crippen molar-refractivity contribution in [3.8, 4) is 10.4 Å². The van der Waals surface area contributed by atoms with Crippen molar-refractivity contribution in [1.29, 1.82) is 0 Å². The van der Waals surface area contributed by atoms with Crippen LogP contribution < -0.4 is 10.8 Å². The molecule has 0 radical (unpaired) electrons. The normalized spacial score (nSPS) is 21.6. The summed E-state index contributed by atoms with van der Waals surface area (Å²) in [7, 11) is 1.54. The van der Waals surface area contributed by atoms with Crippen molar-refractivity contribution in [2.45, 2.75) is 49.8 Å². The number of urea groups is 1. The van der Waals surface area contributed by atoms with Gasteiger partial charge in [-0.3, -0.25) is 24.5 Å². The first-order valence-corrected chi connectivity index (χ1v) is 13.5. The minimum absolute atomic E-state index is 0.212. The SMILES string of the molecule is CN1C(=O)N(CC(=O)Nc2cccc(-c3ccc([C@@]4(CC(=O)NO)CCCCS4)s3)c2)C(=O)C1(C)C. The number of amides is 5. The van der Waals surface area contributed by atoms with Crippen LogP contribution in [0.25, 0.3) is 10.4 Å². The Hall–Kier alpha value is -2.89. The molecule has 2 aromatic rings. The highest BCUT2D eigenvalue weighted by Crippen LogP contribution is 2.50. The number of imide groups is 1. The molecule has 0 unspecified atom stereocenters. The Balaban J connectivity index is 1.49. The second-order valence-electron chi connectivity index (χ2n) is 9.60. The fourth-order valence-corrected chi connectivity index (χ4v) is 7.41. The number of hydrogen-bond acceptors (Lipinski definition) is 7. The molecular weight excluding hydrogens is 500 g/mol. The molecule has 36 heavy (non-hydrogen) atoms. The molecule has 3 N–H and O–H groups in total. The predicted octanol–water partition coefficient (Wildman–Crippen LogP) is 4.03. The lowest BCUT2D eigenvalue weighted by Gasteiger charge is -2.35. The van der Waals surface area contributed by atoms with E-state index >= 15 is 0 Å². The molecule has 1 aromatic heterocycles. The second-order valence-corrected chi connectivity index (χ2v) is 12.2. The van der Waals surface area contributed by atoms with Gasteiger partial charge in [0.2, 0.25) is 11.8 Å². The summed E-state index contributed by atoms with van der Waals surface area (Å²) in [6, 6.07) is 10.9. The second kappa shape index (κ2) is 10.2. The number of carbonyl (C=O) groups is 4. The highest BCUT2D eigenvalue weighted by molar-refractivity contribution is 8.00.